The van der Waals surface area contributed by atoms with E-state index >= 15 is 0 Å². The molecule has 0 spiro atoms. The summed E-state index contributed by atoms with van der Waals surface area (Å²) in [6, 6.07) is 38.0. The van der Waals surface area contributed by atoms with Gasteiger partial charge < -0.3 is 0 Å². The van der Waals surface area contributed by atoms with Crippen molar-refractivity contribution in [1.82, 2.24) is 0 Å². The van der Waals surface area contributed by atoms with Crippen molar-refractivity contribution in [2.24, 2.45) is 0 Å². The van der Waals surface area contributed by atoms with Crippen LogP contribution in [-0.4, -0.2) is 0 Å². The molecule has 1 aliphatic rings. The molecule has 4 aromatic rings. The van der Waals surface area contributed by atoms with Crippen molar-refractivity contribution in [3.05, 3.63) is 131 Å². The molecule has 154 valence electrons. The lowest BCUT2D eigenvalue weighted by atomic mass is 10.1. The van der Waals surface area contributed by atoms with E-state index < -0.39 is 0 Å². The quantitative estimate of drug-likeness (QED) is 0.267. The van der Waals surface area contributed by atoms with Crippen LogP contribution < -0.4 is 0 Å². The van der Waals surface area contributed by atoms with E-state index in [0.717, 1.165) is 12.8 Å². The summed E-state index contributed by atoms with van der Waals surface area (Å²) in [5, 5.41) is 0. The van der Waals surface area contributed by atoms with Gasteiger partial charge in [-0.05, 0) is 47.6 Å². The molecule has 0 saturated carbocycles. The Balaban J connectivity index is 0.000000164. The van der Waals surface area contributed by atoms with Crippen LogP contribution in [0.2, 0.25) is 0 Å². The second-order valence-electron chi connectivity index (χ2n) is 6.98. The number of hydrogen-bond donors (Lipinski definition) is 0. The fourth-order valence-electron chi connectivity index (χ4n) is 3.33. The Bertz CT molecular complexity index is 925. The van der Waals surface area contributed by atoms with Crippen molar-refractivity contribution in [2.75, 3.05) is 0 Å². The lowest BCUT2D eigenvalue weighted by Gasteiger charge is -1.98. The molecule has 0 bridgehead atoms. The fraction of sp³-hybridized carbons (Fsp3) is 0.200. The van der Waals surface area contributed by atoms with Crippen molar-refractivity contribution in [2.45, 2.75) is 40.5 Å². The zero-order chi connectivity index (χ0) is 21.6. The molecule has 1 aliphatic carbocycles. The monoisotopic (exact) mass is 394 g/mol. The van der Waals surface area contributed by atoms with E-state index in [4.69, 9.17) is 0 Å². The third kappa shape index (κ3) is 7.04. The average molecular weight is 395 g/mol. The molecule has 0 radical (unpaired) electrons. The van der Waals surface area contributed by atoms with Crippen molar-refractivity contribution >= 4 is 0 Å². The molecule has 0 heteroatoms. The van der Waals surface area contributed by atoms with Crippen LogP contribution in [0.4, 0.5) is 0 Å². The second kappa shape index (κ2) is 13.2. The first-order valence-corrected chi connectivity index (χ1v) is 11.0. The summed E-state index contributed by atoms with van der Waals surface area (Å²) in [4.78, 5) is 0. The van der Waals surface area contributed by atoms with Gasteiger partial charge in [-0.1, -0.05) is 136 Å². The van der Waals surface area contributed by atoms with Gasteiger partial charge in [-0.3, -0.25) is 0 Å². The third-order valence-electron chi connectivity index (χ3n) is 4.90. The van der Waals surface area contributed by atoms with Crippen molar-refractivity contribution in [3.63, 3.8) is 0 Å². The van der Waals surface area contributed by atoms with Crippen LogP contribution in [0.3, 0.4) is 0 Å². The molecule has 0 aromatic heterocycles. The Labute approximate surface area is 183 Å². The predicted octanol–water partition coefficient (Wildman–Crippen LogP) is 8.53. The molecule has 0 heterocycles. The standard InChI is InChI=1S/C13H10.C8H10.C7H8.C2H6/c1-3-7-12-10(5-1)9-11-6-2-4-8-13(11)12;1-2-8-6-4-3-5-7-8;1-7-5-3-2-4-6-7;1-2/h1-8H,9H2;3-7H,2H2,1H3;2-6H,1H3;1-2H3. The van der Waals surface area contributed by atoms with E-state index in [1.54, 1.807) is 0 Å². The highest BCUT2D eigenvalue weighted by molar-refractivity contribution is 5.76. The summed E-state index contributed by atoms with van der Waals surface area (Å²) in [6.07, 6.45) is 2.24. The van der Waals surface area contributed by atoms with E-state index in [-0.39, 0.29) is 0 Å². The van der Waals surface area contributed by atoms with Crippen molar-refractivity contribution in [3.8, 4) is 11.1 Å². The van der Waals surface area contributed by atoms with Gasteiger partial charge in [0.05, 0.1) is 0 Å². The number of hydrogen-bond acceptors (Lipinski definition) is 0. The van der Waals surface area contributed by atoms with Gasteiger partial charge in [-0.25, -0.2) is 0 Å². The number of fused-ring (bicyclic) bond motifs is 3. The molecule has 0 fully saturated rings. The number of benzene rings is 4. The maximum absolute atomic E-state index is 2.22. The van der Waals surface area contributed by atoms with Crippen LogP contribution >= 0.6 is 0 Å². The van der Waals surface area contributed by atoms with Gasteiger partial charge >= 0.3 is 0 Å². The lowest BCUT2D eigenvalue weighted by Crippen LogP contribution is -1.77. The minimum absolute atomic E-state index is 1.10. The minimum atomic E-state index is 1.10. The summed E-state index contributed by atoms with van der Waals surface area (Å²) >= 11 is 0. The Morgan fingerprint density at radius 3 is 1.30 bits per heavy atom. The van der Waals surface area contributed by atoms with Crippen LogP contribution in [0.5, 0.6) is 0 Å². The second-order valence-corrected chi connectivity index (χ2v) is 6.98. The molecule has 0 saturated heterocycles. The summed E-state index contributed by atoms with van der Waals surface area (Å²) < 4.78 is 0. The van der Waals surface area contributed by atoms with Crippen LogP contribution in [0.15, 0.2) is 109 Å². The Kier molecular flexibility index (Phi) is 10.2. The highest BCUT2D eigenvalue weighted by Crippen LogP contribution is 2.35. The summed E-state index contributed by atoms with van der Waals surface area (Å²) in [5.74, 6) is 0. The van der Waals surface area contributed by atoms with Crippen LogP contribution in [0.1, 0.15) is 43.0 Å². The molecular formula is C30H34. The van der Waals surface area contributed by atoms with Crippen molar-refractivity contribution in [1.29, 1.82) is 0 Å². The van der Waals surface area contributed by atoms with E-state index in [0.29, 0.717) is 0 Å². The molecular weight excluding hydrogens is 360 g/mol. The molecule has 0 nitrogen and oxygen atoms in total. The highest BCUT2D eigenvalue weighted by atomic mass is 14.2. The van der Waals surface area contributed by atoms with Crippen LogP contribution in [-0.2, 0) is 12.8 Å². The molecule has 0 atom stereocenters. The smallest absolute Gasteiger partial charge is 0.00135 e. The minimum Gasteiger partial charge on any atom is -0.0683 e. The summed E-state index contributed by atoms with van der Waals surface area (Å²) in [6.45, 7) is 8.25. The van der Waals surface area contributed by atoms with E-state index in [1.165, 1.54) is 33.4 Å². The molecule has 30 heavy (non-hydrogen) atoms. The first-order valence-electron chi connectivity index (χ1n) is 11.0. The predicted molar refractivity (Wildman–Crippen MR) is 133 cm³/mol. The zero-order valence-corrected chi connectivity index (χ0v) is 18.8. The first kappa shape index (κ1) is 23.2. The maximum Gasteiger partial charge on any atom is -0.00135 e. The normalized spacial score (nSPS) is 10.0. The first-order chi connectivity index (χ1) is 14.8. The molecule has 4 aromatic carbocycles. The van der Waals surface area contributed by atoms with Gasteiger partial charge in [0, 0.05) is 0 Å². The van der Waals surface area contributed by atoms with Gasteiger partial charge in [-0.15, -0.1) is 0 Å². The fourth-order valence-corrected chi connectivity index (χ4v) is 3.33. The third-order valence-corrected chi connectivity index (χ3v) is 4.90. The number of rotatable bonds is 1. The van der Waals surface area contributed by atoms with Crippen LogP contribution in [0, 0.1) is 6.92 Å². The van der Waals surface area contributed by atoms with Gasteiger partial charge in [-0.2, -0.15) is 0 Å². The van der Waals surface area contributed by atoms with Gasteiger partial charge in [0.15, 0.2) is 0 Å². The van der Waals surface area contributed by atoms with Gasteiger partial charge in [0.1, 0.15) is 0 Å². The van der Waals surface area contributed by atoms with E-state index in [1.807, 2.05) is 38.1 Å². The number of aryl methyl sites for hydroxylation is 2. The summed E-state index contributed by atoms with van der Waals surface area (Å²) in [7, 11) is 0. The van der Waals surface area contributed by atoms with Crippen LogP contribution in [0.25, 0.3) is 11.1 Å². The summed E-state index contributed by atoms with van der Waals surface area (Å²) in [5.41, 5.74) is 8.48. The SMILES string of the molecule is CC.CCc1ccccc1.Cc1ccccc1.c1ccc2c(c1)Cc1ccccc1-2. The van der Waals surface area contributed by atoms with Crippen molar-refractivity contribution < 1.29 is 0 Å². The molecule has 0 amide bonds. The molecule has 5 rings (SSSR count). The maximum atomic E-state index is 2.22. The van der Waals surface area contributed by atoms with Gasteiger partial charge in [0.2, 0.25) is 0 Å². The topological polar surface area (TPSA) is 0 Å². The zero-order valence-electron chi connectivity index (χ0n) is 18.8. The molecule has 0 N–H and O–H groups in total. The van der Waals surface area contributed by atoms with E-state index in [2.05, 4.69) is 98.8 Å². The van der Waals surface area contributed by atoms with E-state index in [9.17, 15) is 0 Å². The largest absolute Gasteiger partial charge is 0.0683 e. The lowest BCUT2D eigenvalue weighted by molar-refractivity contribution is 1.14. The average Bonchev–Trinajstić information content (AvgIpc) is 3.21. The Morgan fingerprint density at radius 1 is 0.533 bits per heavy atom. The Morgan fingerprint density at radius 2 is 0.933 bits per heavy atom. The molecule has 0 aliphatic heterocycles. The Hall–Kier alpha value is -3.12. The van der Waals surface area contributed by atoms with Gasteiger partial charge in [0.25, 0.3) is 0 Å². The highest BCUT2D eigenvalue weighted by Gasteiger charge is 2.15. The molecule has 0 unspecified atom stereocenters.